The van der Waals surface area contributed by atoms with Crippen molar-refractivity contribution in [1.29, 1.82) is 0 Å². The molecule has 1 saturated heterocycles. The van der Waals surface area contributed by atoms with Gasteiger partial charge in [0, 0.05) is 25.0 Å². The van der Waals surface area contributed by atoms with Gasteiger partial charge in [-0.15, -0.1) is 0 Å². The van der Waals surface area contributed by atoms with Gasteiger partial charge in [0.2, 0.25) is 5.91 Å². The smallest absolute Gasteiger partial charge is 0.243 e. The fraction of sp³-hybridized carbons (Fsp3) is 0.850. The maximum atomic E-state index is 9.88. The number of carbonyl (C=O) groups excluding carboxylic acids is 1. The van der Waals surface area contributed by atoms with Crippen LogP contribution in [0.4, 0.5) is 0 Å². The summed E-state index contributed by atoms with van der Waals surface area (Å²) in [5, 5.41) is 0. The van der Waals surface area contributed by atoms with Gasteiger partial charge in [0.1, 0.15) is 0 Å². The van der Waals surface area contributed by atoms with Gasteiger partial charge in [-0.05, 0) is 37.5 Å². The Bertz CT molecular complexity index is 302. The first-order valence-corrected chi connectivity index (χ1v) is 9.62. The Morgan fingerprint density at radius 1 is 0.833 bits per heavy atom. The number of nitrogens with two attached hydrogens (primary N) is 2. The molecule has 1 heterocycles. The molecule has 4 nitrogen and oxygen atoms in total. The van der Waals surface area contributed by atoms with Crippen LogP contribution in [0, 0.1) is 17.8 Å². The summed E-state index contributed by atoms with van der Waals surface area (Å²) in [6.07, 6.45) is 9.59. The molecule has 4 N–H and O–H groups in total. The summed E-state index contributed by atoms with van der Waals surface area (Å²) in [5.74, 6) is 2.45. The Morgan fingerprint density at radius 2 is 1.17 bits per heavy atom. The van der Waals surface area contributed by atoms with Crippen molar-refractivity contribution in [2.24, 2.45) is 29.2 Å². The molecule has 0 unspecified atom stereocenters. The first-order valence-electron chi connectivity index (χ1n) is 9.62. The van der Waals surface area contributed by atoms with Gasteiger partial charge in [-0.25, -0.2) is 0 Å². The highest BCUT2D eigenvalue weighted by molar-refractivity contribution is 5.86. The van der Waals surface area contributed by atoms with E-state index in [1.165, 1.54) is 44.6 Å². The standard InChI is InChI=1S/C8H16.C6H12O.C4H8N2O.C2H6/c1-7-3-5-8(2)6-4-7;1-6-2-4-7-5-3-6;1-3(5)2-4(6)7;1-2/h7-8H,3-6H2,1-2H3;6H,2-5H2,1H3;2H,5H2,1H3,(H2,6,7);1-2H3/b;;3-2-;. The summed E-state index contributed by atoms with van der Waals surface area (Å²) >= 11 is 0. The van der Waals surface area contributed by atoms with Gasteiger partial charge >= 0.3 is 0 Å². The zero-order valence-corrected chi connectivity index (χ0v) is 16.9. The molecule has 1 saturated carbocycles. The Morgan fingerprint density at radius 3 is 1.33 bits per heavy atom. The van der Waals surface area contributed by atoms with Gasteiger partial charge in [0.25, 0.3) is 0 Å². The molecule has 24 heavy (non-hydrogen) atoms. The lowest BCUT2D eigenvalue weighted by Gasteiger charge is -2.22. The molecule has 0 aromatic heterocycles. The summed E-state index contributed by atoms with van der Waals surface area (Å²) in [5.41, 5.74) is 10.2. The molecule has 144 valence electrons. The second-order valence-electron chi connectivity index (χ2n) is 6.95. The third kappa shape index (κ3) is 19.0. The van der Waals surface area contributed by atoms with Gasteiger partial charge in [-0.1, -0.05) is 60.3 Å². The summed E-state index contributed by atoms with van der Waals surface area (Å²) in [7, 11) is 0. The number of hydrogen-bond acceptors (Lipinski definition) is 3. The SMILES string of the molecule is C/C(N)=C/C(N)=O.CC.CC1CCC(C)CC1.CC1CCOCC1. The zero-order valence-electron chi connectivity index (χ0n) is 16.9. The van der Waals surface area contributed by atoms with E-state index in [9.17, 15) is 4.79 Å². The lowest BCUT2D eigenvalue weighted by Crippen LogP contribution is -2.12. The first-order chi connectivity index (χ1) is 11.3. The second-order valence-corrected chi connectivity index (χ2v) is 6.95. The average molecular weight is 343 g/mol. The average Bonchev–Trinajstić information content (AvgIpc) is 2.53. The third-order valence-corrected chi connectivity index (χ3v) is 4.18. The highest BCUT2D eigenvalue weighted by Crippen LogP contribution is 2.27. The van der Waals surface area contributed by atoms with Crippen LogP contribution >= 0.6 is 0 Å². The van der Waals surface area contributed by atoms with Crippen molar-refractivity contribution in [3.8, 4) is 0 Å². The van der Waals surface area contributed by atoms with Crippen LogP contribution in [0.25, 0.3) is 0 Å². The van der Waals surface area contributed by atoms with Crippen molar-refractivity contribution in [2.45, 2.75) is 80.1 Å². The molecule has 1 aliphatic carbocycles. The van der Waals surface area contributed by atoms with E-state index >= 15 is 0 Å². The Labute approximate surface area is 150 Å². The fourth-order valence-corrected chi connectivity index (χ4v) is 2.47. The second kappa shape index (κ2) is 16.8. The minimum atomic E-state index is -0.500. The summed E-state index contributed by atoms with van der Waals surface area (Å²) in [6, 6.07) is 0. The van der Waals surface area contributed by atoms with E-state index in [2.05, 4.69) is 20.8 Å². The molecule has 2 fully saturated rings. The predicted molar refractivity (Wildman–Crippen MR) is 104 cm³/mol. The summed E-state index contributed by atoms with van der Waals surface area (Å²) in [4.78, 5) is 9.88. The van der Waals surface area contributed by atoms with E-state index in [4.69, 9.17) is 16.2 Å². The molecule has 1 amide bonds. The van der Waals surface area contributed by atoms with Crippen LogP contribution in [0.15, 0.2) is 11.8 Å². The number of hydrogen-bond donors (Lipinski definition) is 2. The number of allylic oxidation sites excluding steroid dienone is 1. The van der Waals surface area contributed by atoms with Crippen LogP contribution < -0.4 is 11.5 Å². The van der Waals surface area contributed by atoms with Gasteiger partial charge in [-0.3, -0.25) is 4.79 Å². The fourth-order valence-electron chi connectivity index (χ4n) is 2.47. The normalized spacial score (nSPS) is 24.2. The van der Waals surface area contributed by atoms with Crippen molar-refractivity contribution >= 4 is 5.91 Å². The van der Waals surface area contributed by atoms with E-state index in [0.29, 0.717) is 5.70 Å². The van der Waals surface area contributed by atoms with Crippen molar-refractivity contribution in [3.05, 3.63) is 11.8 Å². The molecule has 0 atom stereocenters. The van der Waals surface area contributed by atoms with Crippen LogP contribution in [0.5, 0.6) is 0 Å². The molecule has 0 aromatic rings. The first kappa shape index (κ1) is 25.2. The van der Waals surface area contributed by atoms with E-state index in [1.54, 1.807) is 6.92 Å². The lowest BCUT2D eigenvalue weighted by molar-refractivity contribution is -0.113. The molecular weight excluding hydrogens is 300 g/mol. The maximum absolute atomic E-state index is 9.88. The number of rotatable bonds is 1. The van der Waals surface area contributed by atoms with E-state index in [0.717, 1.165) is 31.0 Å². The van der Waals surface area contributed by atoms with E-state index in [1.807, 2.05) is 13.8 Å². The number of amides is 1. The molecule has 1 aliphatic heterocycles. The monoisotopic (exact) mass is 342 g/mol. The van der Waals surface area contributed by atoms with Crippen LogP contribution in [-0.2, 0) is 9.53 Å². The van der Waals surface area contributed by atoms with E-state index in [-0.39, 0.29) is 0 Å². The quantitative estimate of drug-likeness (QED) is 0.682. The molecule has 0 spiro atoms. The molecule has 2 rings (SSSR count). The molecule has 4 heteroatoms. The van der Waals surface area contributed by atoms with Crippen molar-refractivity contribution in [3.63, 3.8) is 0 Å². The Hall–Kier alpha value is -1.03. The summed E-state index contributed by atoms with van der Waals surface area (Å²) in [6.45, 7) is 14.6. The minimum absolute atomic E-state index is 0.438. The Kier molecular flexibility index (Phi) is 17.7. The van der Waals surface area contributed by atoms with Crippen LogP contribution in [0.2, 0.25) is 0 Å². The van der Waals surface area contributed by atoms with Crippen molar-refractivity contribution < 1.29 is 9.53 Å². The van der Waals surface area contributed by atoms with Crippen molar-refractivity contribution in [2.75, 3.05) is 13.2 Å². The number of carbonyl (C=O) groups is 1. The maximum Gasteiger partial charge on any atom is 0.243 e. The van der Waals surface area contributed by atoms with Gasteiger partial charge in [-0.2, -0.15) is 0 Å². The highest BCUT2D eigenvalue weighted by atomic mass is 16.5. The van der Waals surface area contributed by atoms with Crippen molar-refractivity contribution in [1.82, 2.24) is 0 Å². The summed E-state index contributed by atoms with van der Waals surface area (Å²) < 4.78 is 5.14. The molecule has 2 aliphatic rings. The Balaban J connectivity index is 0. The largest absolute Gasteiger partial charge is 0.402 e. The molecular formula is C20H42N2O2. The number of primary amides is 1. The van der Waals surface area contributed by atoms with Gasteiger partial charge < -0.3 is 16.2 Å². The minimum Gasteiger partial charge on any atom is -0.402 e. The molecule has 0 aromatic carbocycles. The topological polar surface area (TPSA) is 78.3 Å². The zero-order chi connectivity index (χ0) is 19.0. The van der Waals surface area contributed by atoms with E-state index < -0.39 is 5.91 Å². The lowest BCUT2D eigenvalue weighted by atomic mass is 9.84. The highest BCUT2D eigenvalue weighted by Gasteiger charge is 2.13. The van der Waals surface area contributed by atoms with Gasteiger partial charge in [0.15, 0.2) is 0 Å². The molecule has 0 bridgehead atoms. The van der Waals surface area contributed by atoms with Gasteiger partial charge in [0.05, 0.1) is 0 Å². The third-order valence-electron chi connectivity index (χ3n) is 4.18. The molecule has 0 radical (unpaired) electrons. The van der Waals surface area contributed by atoms with Crippen LogP contribution in [0.3, 0.4) is 0 Å². The predicted octanol–water partition coefficient (Wildman–Crippen LogP) is 4.63. The number of ether oxygens (including phenoxy) is 1. The van der Waals surface area contributed by atoms with Crippen LogP contribution in [0.1, 0.15) is 80.1 Å². The van der Waals surface area contributed by atoms with Crippen LogP contribution in [-0.4, -0.2) is 19.1 Å².